The second-order valence-electron chi connectivity index (χ2n) is 7.44. The minimum absolute atomic E-state index is 0.0416. The second kappa shape index (κ2) is 7.82. The molecule has 1 saturated heterocycles. The first kappa shape index (κ1) is 20.5. The quantitative estimate of drug-likeness (QED) is 0.545. The Morgan fingerprint density at radius 1 is 1.29 bits per heavy atom. The minimum atomic E-state index is -1.21. The van der Waals surface area contributed by atoms with Crippen molar-refractivity contribution in [2.75, 3.05) is 24.1 Å². The van der Waals surface area contributed by atoms with Crippen LogP contribution in [0.15, 0.2) is 29.2 Å². The number of nitrogens with one attached hydrogen (secondary N) is 1. The normalized spacial score (nSPS) is 16.5. The summed E-state index contributed by atoms with van der Waals surface area (Å²) in [5.41, 5.74) is 4.53. The van der Waals surface area contributed by atoms with Gasteiger partial charge in [0, 0.05) is 43.3 Å². The molecule has 1 aliphatic rings. The number of hydrogen-bond acceptors (Lipinski definition) is 6. The number of nitrogen functional groups attached to an aromatic ring is 1. The van der Waals surface area contributed by atoms with Crippen LogP contribution in [0, 0.1) is 11.6 Å². The van der Waals surface area contributed by atoms with Crippen LogP contribution in [0.2, 0.25) is 0 Å². The van der Waals surface area contributed by atoms with E-state index in [1.807, 2.05) is 0 Å². The molecule has 0 unspecified atom stereocenters. The molecule has 1 aliphatic heterocycles. The van der Waals surface area contributed by atoms with Crippen LogP contribution in [0.1, 0.15) is 12.8 Å². The van der Waals surface area contributed by atoms with E-state index in [1.54, 1.807) is 0 Å². The van der Waals surface area contributed by atoms with Crippen molar-refractivity contribution in [1.29, 1.82) is 0 Å². The number of rotatable bonds is 3. The van der Waals surface area contributed by atoms with E-state index in [2.05, 4.69) is 15.3 Å². The number of aromatic nitrogens is 3. The molecule has 0 saturated carbocycles. The molecule has 4 N–H and O–H groups in total. The molecule has 9 nitrogen and oxygen atoms in total. The number of fused-ring (bicyclic) bond motifs is 1. The Morgan fingerprint density at radius 3 is 2.81 bits per heavy atom. The van der Waals surface area contributed by atoms with Crippen molar-refractivity contribution in [2.24, 2.45) is 7.05 Å². The maximum Gasteiger partial charge on any atom is 0.407 e. The van der Waals surface area contributed by atoms with Gasteiger partial charge in [-0.25, -0.2) is 18.6 Å². The lowest BCUT2D eigenvalue weighted by molar-refractivity contribution is 0.132. The number of pyridine rings is 1. The maximum atomic E-state index is 14.4. The summed E-state index contributed by atoms with van der Waals surface area (Å²) in [5, 5.41) is 12.7. The van der Waals surface area contributed by atoms with Gasteiger partial charge >= 0.3 is 6.09 Å². The van der Waals surface area contributed by atoms with Crippen LogP contribution < -0.4 is 16.6 Å². The number of aryl methyl sites for hydroxylation is 1. The summed E-state index contributed by atoms with van der Waals surface area (Å²) in [6.07, 6.45) is 1.96. The summed E-state index contributed by atoms with van der Waals surface area (Å²) in [6, 6.07) is 3.70. The van der Waals surface area contributed by atoms with E-state index in [9.17, 15) is 23.5 Å². The van der Waals surface area contributed by atoms with Gasteiger partial charge in [0.2, 0.25) is 5.95 Å². The molecule has 1 aromatic carbocycles. The number of halogens is 2. The van der Waals surface area contributed by atoms with Gasteiger partial charge < -0.3 is 21.1 Å². The number of likely N-dealkylation sites (tertiary alicyclic amines) is 1. The zero-order valence-electron chi connectivity index (χ0n) is 16.6. The largest absolute Gasteiger partial charge is 0.465 e. The first-order valence-corrected chi connectivity index (χ1v) is 9.61. The van der Waals surface area contributed by atoms with Crippen molar-refractivity contribution >= 4 is 28.8 Å². The van der Waals surface area contributed by atoms with Gasteiger partial charge in [-0.2, -0.15) is 4.98 Å². The van der Waals surface area contributed by atoms with Gasteiger partial charge in [0.05, 0.1) is 11.3 Å². The molecule has 1 amide bonds. The summed E-state index contributed by atoms with van der Waals surface area (Å²) in [6.45, 7) is 0.780. The highest BCUT2D eigenvalue weighted by Gasteiger charge is 2.24. The highest BCUT2D eigenvalue weighted by atomic mass is 19.2. The van der Waals surface area contributed by atoms with Crippen LogP contribution >= 0.6 is 0 Å². The molecule has 4 rings (SSSR count). The van der Waals surface area contributed by atoms with E-state index in [0.29, 0.717) is 30.5 Å². The monoisotopic (exact) mass is 430 g/mol. The Labute approximate surface area is 175 Å². The van der Waals surface area contributed by atoms with E-state index >= 15 is 0 Å². The van der Waals surface area contributed by atoms with Gasteiger partial charge in [0.1, 0.15) is 5.65 Å². The van der Waals surface area contributed by atoms with Crippen LogP contribution in [0.3, 0.4) is 0 Å². The molecule has 0 radical (unpaired) electrons. The molecular formula is C20H20F2N6O3. The van der Waals surface area contributed by atoms with Crippen molar-refractivity contribution in [1.82, 2.24) is 19.4 Å². The Hall–Kier alpha value is -3.76. The first-order valence-electron chi connectivity index (χ1n) is 9.61. The Kier molecular flexibility index (Phi) is 5.17. The lowest BCUT2D eigenvalue weighted by atomic mass is 10.0. The van der Waals surface area contributed by atoms with E-state index in [4.69, 9.17) is 5.73 Å². The summed E-state index contributed by atoms with van der Waals surface area (Å²) < 4.78 is 29.5. The van der Waals surface area contributed by atoms with Crippen LogP contribution in [0.25, 0.3) is 22.2 Å². The number of anilines is 2. The number of nitrogens with two attached hydrogens (primary N) is 1. The predicted octanol–water partition coefficient (Wildman–Crippen LogP) is 2.41. The number of benzene rings is 1. The van der Waals surface area contributed by atoms with Crippen molar-refractivity contribution in [3.63, 3.8) is 0 Å². The summed E-state index contributed by atoms with van der Waals surface area (Å²) in [7, 11) is 1.48. The van der Waals surface area contributed by atoms with Gasteiger partial charge in [-0.15, -0.1) is 0 Å². The van der Waals surface area contributed by atoms with E-state index in [-0.39, 0.29) is 28.8 Å². The van der Waals surface area contributed by atoms with Gasteiger partial charge in [-0.3, -0.25) is 9.36 Å². The molecule has 0 spiro atoms. The van der Waals surface area contributed by atoms with Crippen LogP contribution in [-0.2, 0) is 7.05 Å². The third-order valence-electron chi connectivity index (χ3n) is 5.38. The Balaban J connectivity index is 1.70. The van der Waals surface area contributed by atoms with E-state index < -0.39 is 23.3 Å². The van der Waals surface area contributed by atoms with Crippen LogP contribution in [-0.4, -0.2) is 49.8 Å². The molecule has 1 atom stereocenters. The number of hydrogen-bond donors (Lipinski definition) is 3. The summed E-state index contributed by atoms with van der Waals surface area (Å²) >= 11 is 0. The van der Waals surface area contributed by atoms with E-state index in [1.165, 1.54) is 40.9 Å². The number of nitrogens with zero attached hydrogens (tertiary/aromatic N) is 4. The van der Waals surface area contributed by atoms with Gasteiger partial charge in [0.25, 0.3) is 5.56 Å². The zero-order valence-corrected chi connectivity index (χ0v) is 16.6. The number of piperidine rings is 1. The molecule has 162 valence electrons. The number of amides is 1. The lowest BCUT2D eigenvalue weighted by Crippen LogP contribution is -2.44. The summed E-state index contributed by atoms with van der Waals surface area (Å²) in [5.74, 6) is -2.16. The van der Waals surface area contributed by atoms with Crippen molar-refractivity contribution in [3.05, 3.63) is 46.4 Å². The highest BCUT2D eigenvalue weighted by Crippen LogP contribution is 2.27. The zero-order chi connectivity index (χ0) is 22.3. The SMILES string of the molecule is Cn1c(=O)c(-c2ccc(N)c(F)c2F)cc2cnc(N[C@H]3CCCN(C(=O)O)C3)nc21. The average Bonchev–Trinajstić information content (AvgIpc) is 2.75. The fraction of sp³-hybridized carbons (Fsp3) is 0.300. The average molecular weight is 430 g/mol. The second-order valence-corrected chi connectivity index (χ2v) is 7.44. The van der Waals surface area contributed by atoms with Gasteiger partial charge in [-0.1, -0.05) is 0 Å². The third kappa shape index (κ3) is 3.74. The Bertz CT molecular complexity index is 1250. The first-order chi connectivity index (χ1) is 14.8. The fourth-order valence-electron chi connectivity index (χ4n) is 3.73. The number of carboxylic acid groups (broad SMARTS) is 1. The number of carbonyl (C=O) groups is 1. The molecule has 2 aromatic heterocycles. The van der Waals surface area contributed by atoms with Crippen molar-refractivity contribution in [3.8, 4) is 11.1 Å². The maximum absolute atomic E-state index is 14.4. The standard InChI is InChI=1S/C20H20F2N6O3/c1-27-17-10(7-13(18(27)29)12-4-5-14(23)16(22)15(12)21)8-24-19(26-17)25-11-3-2-6-28(9-11)20(30)31/h4-5,7-8,11H,2-3,6,9,23H2,1H3,(H,30,31)(H,24,25,26)/t11-/m0/s1. The fourth-order valence-corrected chi connectivity index (χ4v) is 3.73. The molecule has 3 aromatic rings. The molecule has 1 fully saturated rings. The molecule has 0 aliphatic carbocycles. The van der Waals surface area contributed by atoms with Crippen molar-refractivity contribution < 1.29 is 18.7 Å². The highest BCUT2D eigenvalue weighted by molar-refractivity contribution is 5.82. The topological polar surface area (TPSA) is 126 Å². The van der Waals surface area contributed by atoms with Crippen LogP contribution in [0.4, 0.5) is 25.2 Å². The van der Waals surface area contributed by atoms with E-state index in [0.717, 1.165) is 6.42 Å². The van der Waals surface area contributed by atoms with Crippen LogP contribution in [0.5, 0.6) is 0 Å². The minimum Gasteiger partial charge on any atom is -0.465 e. The lowest BCUT2D eigenvalue weighted by Gasteiger charge is -2.31. The smallest absolute Gasteiger partial charge is 0.407 e. The molecule has 31 heavy (non-hydrogen) atoms. The molecule has 11 heteroatoms. The third-order valence-corrected chi connectivity index (χ3v) is 5.38. The molecular weight excluding hydrogens is 410 g/mol. The molecule has 3 heterocycles. The van der Waals surface area contributed by atoms with Gasteiger partial charge in [-0.05, 0) is 31.0 Å². The molecule has 0 bridgehead atoms. The predicted molar refractivity (Wildman–Crippen MR) is 111 cm³/mol. The Morgan fingerprint density at radius 2 is 2.06 bits per heavy atom. The van der Waals surface area contributed by atoms with Gasteiger partial charge in [0.15, 0.2) is 11.6 Å². The summed E-state index contributed by atoms with van der Waals surface area (Å²) in [4.78, 5) is 34.0. The van der Waals surface area contributed by atoms with Crippen molar-refractivity contribution in [2.45, 2.75) is 18.9 Å².